The van der Waals surface area contributed by atoms with E-state index < -0.39 is 0 Å². The van der Waals surface area contributed by atoms with Crippen molar-refractivity contribution < 1.29 is 9.31 Å². The van der Waals surface area contributed by atoms with E-state index in [0.717, 1.165) is 26.1 Å². The van der Waals surface area contributed by atoms with Gasteiger partial charge >= 0.3 is 7.12 Å². The summed E-state index contributed by atoms with van der Waals surface area (Å²) in [5.74, 6) is 2.18. The first kappa shape index (κ1) is 15.8. The second-order valence-electron chi connectivity index (χ2n) is 7.40. The molecule has 2 saturated heterocycles. The predicted octanol–water partition coefficient (Wildman–Crippen LogP) is 3.45. The van der Waals surface area contributed by atoms with Crippen LogP contribution in [-0.2, 0) is 15.9 Å². The van der Waals surface area contributed by atoms with Crippen LogP contribution in [0.2, 0.25) is 0 Å². The van der Waals surface area contributed by atoms with Crippen molar-refractivity contribution in [3.63, 3.8) is 0 Å². The zero-order valence-electron chi connectivity index (χ0n) is 14.1. The largest absolute Gasteiger partial charge is 0.487 e. The van der Waals surface area contributed by atoms with Gasteiger partial charge in [0.15, 0.2) is 0 Å². The van der Waals surface area contributed by atoms with E-state index in [1.54, 1.807) is 0 Å². The predicted molar refractivity (Wildman–Crippen MR) is 90.5 cm³/mol. The molecular formula is C18H26BNO2. The van der Waals surface area contributed by atoms with E-state index in [2.05, 4.69) is 68.9 Å². The van der Waals surface area contributed by atoms with E-state index in [-0.39, 0.29) is 18.3 Å². The average Bonchev–Trinajstić information content (AvgIpc) is 2.93. The normalized spacial score (nSPS) is 26.0. The Kier molecular flexibility index (Phi) is 4.19. The van der Waals surface area contributed by atoms with E-state index in [9.17, 15) is 0 Å². The summed E-state index contributed by atoms with van der Waals surface area (Å²) in [5, 5.41) is 0. The molecule has 1 aromatic rings. The third-order valence-corrected chi connectivity index (χ3v) is 5.07. The molecule has 0 aliphatic carbocycles. The molecule has 0 unspecified atom stereocenters. The summed E-state index contributed by atoms with van der Waals surface area (Å²) in [4.78, 5) is 2.48. The smallest absolute Gasteiger partial charge is 0.400 e. The van der Waals surface area contributed by atoms with Crippen LogP contribution in [0.3, 0.4) is 0 Å². The van der Waals surface area contributed by atoms with Crippen molar-refractivity contribution in [1.29, 1.82) is 0 Å². The highest BCUT2D eigenvalue weighted by atomic mass is 16.7. The summed E-state index contributed by atoms with van der Waals surface area (Å²) in [6.07, 6.45) is 1.11. The average molecular weight is 299 g/mol. The lowest BCUT2D eigenvalue weighted by atomic mass is 9.87. The zero-order chi connectivity index (χ0) is 15.8. The summed E-state index contributed by atoms with van der Waals surface area (Å²) < 4.78 is 12.1. The van der Waals surface area contributed by atoms with Gasteiger partial charge in [0.25, 0.3) is 0 Å². The fourth-order valence-electron chi connectivity index (χ4n) is 3.01. The van der Waals surface area contributed by atoms with Crippen LogP contribution in [-0.4, -0.2) is 36.3 Å². The van der Waals surface area contributed by atoms with E-state index in [1.165, 1.54) is 11.1 Å². The maximum absolute atomic E-state index is 6.06. The number of hydrogen-bond donors (Lipinski definition) is 0. The minimum Gasteiger partial charge on any atom is -0.400 e. The molecule has 0 amide bonds. The Morgan fingerprint density at radius 2 is 1.73 bits per heavy atom. The molecular weight excluding hydrogens is 273 g/mol. The highest BCUT2D eigenvalue weighted by Crippen LogP contribution is 2.37. The molecule has 4 heteroatoms. The van der Waals surface area contributed by atoms with E-state index in [4.69, 9.17) is 9.31 Å². The lowest BCUT2D eigenvalue weighted by Gasteiger charge is -2.32. The molecule has 2 fully saturated rings. The fraction of sp³-hybridized carbons (Fsp3) is 0.556. The van der Waals surface area contributed by atoms with Gasteiger partial charge in [-0.1, -0.05) is 41.9 Å². The van der Waals surface area contributed by atoms with Crippen LogP contribution >= 0.6 is 0 Å². The van der Waals surface area contributed by atoms with Crippen LogP contribution in [0.5, 0.6) is 0 Å². The number of likely N-dealkylation sites (tertiary alicyclic amines) is 1. The molecule has 2 aliphatic rings. The molecule has 0 aromatic heterocycles. The Hall–Kier alpha value is -1.10. The first-order chi connectivity index (χ1) is 10.4. The maximum Gasteiger partial charge on any atom is 0.487 e. The Bertz CT molecular complexity index is 537. The van der Waals surface area contributed by atoms with Crippen molar-refractivity contribution in [1.82, 2.24) is 4.90 Å². The van der Waals surface area contributed by atoms with Gasteiger partial charge in [0.2, 0.25) is 0 Å². The van der Waals surface area contributed by atoms with Gasteiger partial charge in [0.1, 0.15) is 0 Å². The van der Waals surface area contributed by atoms with Crippen molar-refractivity contribution in [2.24, 2.45) is 0 Å². The quantitative estimate of drug-likeness (QED) is 0.798. The van der Waals surface area contributed by atoms with Crippen LogP contribution in [0.25, 0.3) is 0 Å². The number of rotatable bonds is 3. The molecule has 3 rings (SSSR count). The standard InChI is InChI=1S/C18H26BNO2/c1-17(2)18(3,4)22-19(21-17)12-16-10-11-20(14-16)13-15-8-6-5-7-9-15/h5-9,12H,10-11,13-14H2,1-4H3/b16-12-. The van der Waals surface area contributed by atoms with Crippen LogP contribution in [0.15, 0.2) is 41.9 Å². The lowest BCUT2D eigenvalue weighted by Crippen LogP contribution is -2.41. The second-order valence-corrected chi connectivity index (χ2v) is 7.40. The molecule has 0 radical (unpaired) electrons. The van der Waals surface area contributed by atoms with Crippen molar-refractivity contribution in [3.05, 3.63) is 47.4 Å². The summed E-state index contributed by atoms with van der Waals surface area (Å²) >= 11 is 0. The lowest BCUT2D eigenvalue weighted by molar-refractivity contribution is 0.00578. The van der Waals surface area contributed by atoms with Gasteiger partial charge < -0.3 is 9.31 Å². The van der Waals surface area contributed by atoms with Gasteiger partial charge in [-0.05, 0) is 39.7 Å². The third-order valence-electron chi connectivity index (χ3n) is 5.07. The van der Waals surface area contributed by atoms with Crippen LogP contribution in [0.4, 0.5) is 0 Å². The summed E-state index contributed by atoms with van der Waals surface area (Å²) in [6.45, 7) is 11.5. The summed E-state index contributed by atoms with van der Waals surface area (Å²) in [6, 6.07) is 10.7. The van der Waals surface area contributed by atoms with Gasteiger partial charge in [0.05, 0.1) is 11.2 Å². The van der Waals surface area contributed by atoms with Gasteiger partial charge in [-0.3, -0.25) is 4.90 Å². The number of benzene rings is 1. The zero-order valence-corrected chi connectivity index (χ0v) is 14.1. The molecule has 0 atom stereocenters. The molecule has 118 valence electrons. The number of nitrogens with zero attached hydrogens (tertiary/aromatic N) is 1. The molecule has 0 bridgehead atoms. The van der Waals surface area contributed by atoms with Crippen molar-refractivity contribution in [2.45, 2.75) is 51.9 Å². The Morgan fingerprint density at radius 3 is 2.36 bits per heavy atom. The van der Waals surface area contributed by atoms with Crippen molar-refractivity contribution >= 4 is 7.12 Å². The fourth-order valence-corrected chi connectivity index (χ4v) is 3.01. The van der Waals surface area contributed by atoms with E-state index in [0.29, 0.717) is 0 Å². The Balaban J connectivity index is 1.59. The monoisotopic (exact) mass is 299 g/mol. The maximum atomic E-state index is 6.06. The molecule has 3 nitrogen and oxygen atoms in total. The highest BCUT2D eigenvalue weighted by Gasteiger charge is 2.50. The molecule has 2 aliphatic heterocycles. The molecule has 2 heterocycles. The number of hydrogen-bond acceptors (Lipinski definition) is 3. The van der Waals surface area contributed by atoms with Crippen molar-refractivity contribution in [2.75, 3.05) is 13.1 Å². The topological polar surface area (TPSA) is 21.7 Å². The SMILES string of the molecule is CC1(C)OB(/C=C2/CCN(Cc3ccccc3)C2)OC1(C)C. The highest BCUT2D eigenvalue weighted by molar-refractivity contribution is 6.51. The van der Waals surface area contributed by atoms with E-state index in [1.807, 2.05) is 0 Å². The van der Waals surface area contributed by atoms with Crippen LogP contribution in [0, 0.1) is 0 Å². The third kappa shape index (κ3) is 3.29. The minimum atomic E-state index is -0.253. The van der Waals surface area contributed by atoms with Crippen LogP contribution < -0.4 is 0 Å². The minimum absolute atomic E-state index is 0.211. The summed E-state index contributed by atoms with van der Waals surface area (Å²) in [7, 11) is -0.211. The van der Waals surface area contributed by atoms with Crippen molar-refractivity contribution in [3.8, 4) is 0 Å². The molecule has 22 heavy (non-hydrogen) atoms. The van der Waals surface area contributed by atoms with Gasteiger partial charge in [-0.15, -0.1) is 0 Å². The second kappa shape index (κ2) is 5.84. The van der Waals surface area contributed by atoms with Gasteiger partial charge in [-0.2, -0.15) is 0 Å². The Morgan fingerprint density at radius 1 is 1.09 bits per heavy atom. The molecule has 0 saturated carbocycles. The molecule has 0 N–H and O–H groups in total. The first-order valence-electron chi connectivity index (χ1n) is 8.17. The van der Waals surface area contributed by atoms with Gasteiger partial charge in [-0.25, -0.2) is 0 Å². The van der Waals surface area contributed by atoms with E-state index >= 15 is 0 Å². The van der Waals surface area contributed by atoms with Crippen LogP contribution in [0.1, 0.15) is 39.7 Å². The van der Waals surface area contributed by atoms with Gasteiger partial charge in [0, 0.05) is 19.6 Å². The Labute approximate surface area is 134 Å². The summed E-state index contributed by atoms with van der Waals surface area (Å²) in [5.41, 5.74) is 2.29. The molecule has 1 aromatic carbocycles. The molecule has 0 spiro atoms. The first-order valence-corrected chi connectivity index (χ1v) is 8.17.